The number of hydrogen-bond donors (Lipinski definition) is 2. The molecule has 0 unspecified atom stereocenters. The maximum atomic E-state index is 12.4. The molecular formula is C17H13Cl3N4OS. The molecule has 5 nitrogen and oxygen atoms in total. The number of amides is 1. The van der Waals surface area contributed by atoms with Gasteiger partial charge in [0.25, 0.3) is 5.91 Å². The summed E-state index contributed by atoms with van der Waals surface area (Å²) in [5, 5.41) is 8.76. The smallest absolute Gasteiger partial charge is 0.255 e. The molecular weight excluding hydrogens is 415 g/mol. The maximum absolute atomic E-state index is 12.4. The Kier molecular flexibility index (Phi) is 5.67. The highest BCUT2D eigenvalue weighted by Crippen LogP contribution is 2.41. The molecule has 0 atom stereocenters. The molecule has 0 aliphatic heterocycles. The molecule has 0 bridgehead atoms. The van der Waals surface area contributed by atoms with Gasteiger partial charge in [-0.05, 0) is 44.2 Å². The summed E-state index contributed by atoms with van der Waals surface area (Å²) in [4.78, 5) is 16.8. The first-order chi connectivity index (χ1) is 12.3. The summed E-state index contributed by atoms with van der Waals surface area (Å²) in [6.45, 7) is 3.73. The van der Waals surface area contributed by atoms with E-state index in [4.69, 9.17) is 34.8 Å². The molecule has 0 saturated heterocycles. The van der Waals surface area contributed by atoms with Crippen LogP contribution in [0.4, 0.5) is 10.8 Å². The van der Waals surface area contributed by atoms with E-state index in [0.717, 1.165) is 5.71 Å². The van der Waals surface area contributed by atoms with Gasteiger partial charge in [-0.2, -0.15) is 5.10 Å². The minimum atomic E-state index is -0.312. The molecule has 0 fully saturated rings. The Balaban J connectivity index is 1.93. The van der Waals surface area contributed by atoms with Crippen molar-refractivity contribution < 1.29 is 4.79 Å². The number of aromatic nitrogens is 1. The summed E-state index contributed by atoms with van der Waals surface area (Å²) in [5.41, 5.74) is 5.14. The van der Waals surface area contributed by atoms with Gasteiger partial charge >= 0.3 is 0 Å². The van der Waals surface area contributed by atoms with E-state index in [2.05, 4.69) is 20.8 Å². The third-order valence-electron chi connectivity index (χ3n) is 3.29. The number of benzene rings is 2. The van der Waals surface area contributed by atoms with Crippen molar-refractivity contribution in [3.05, 3.63) is 51.0 Å². The van der Waals surface area contributed by atoms with Crippen molar-refractivity contribution in [2.75, 3.05) is 10.7 Å². The zero-order valence-electron chi connectivity index (χ0n) is 13.7. The third kappa shape index (κ3) is 4.10. The number of carbonyl (C=O) groups is 1. The van der Waals surface area contributed by atoms with E-state index in [-0.39, 0.29) is 5.91 Å². The van der Waals surface area contributed by atoms with Crippen LogP contribution in [0.1, 0.15) is 24.2 Å². The van der Waals surface area contributed by atoms with Crippen molar-refractivity contribution in [1.82, 2.24) is 4.98 Å². The molecule has 0 aliphatic rings. The zero-order valence-corrected chi connectivity index (χ0v) is 16.8. The number of fused-ring (bicyclic) bond motifs is 1. The summed E-state index contributed by atoms with van der Waals surface area (Å²) in [6, 6.07) is 8.13. The normalized spacial score (nSPS) is 10.7. The standard InChI is InChI=1S/C17H13Cl3N4OS/c1-8(2)23-24-17-22-14-11(19)7-12(13(20)15(14)26-17)21-16(25)9-3-5-10(18)6-4-9/h3-7H,1-2H3,(H,21,25)(H,22,24). The van der Waals surface area contributed by atoms with E-state index >= 15 is 0 Å². The van der Waals surface area contributed by atoms with Gasteiger partial charge < -0.3 is 5.32 Å². The van der Waals surface area contributed by atoms with Crippen molar-refractivity contribution in [2.24, 2.45) is 5.10 Å². The quantitative estimate of drug-likeness (QED) is 0.378. The molecule has 2 aromatic carbocycles. The fourth-order valence-corrected chi connectivity index (χ4v) is 3.71. The number of nitrogens with one attached hydrogen (secondary N) is 2. The predicted molar refractivity (Wildman–Crippen MR) is 111 cm³/mol. The van der Waals surface area contributed by atoms with Crippen LogP contribution in [0.2, 0.25) is 15.1 Å². The molecule has 0 radical (unpaired) electrons. The van der Waals surface area contributed by atoms with Crippen LogP contribution in [0.5, 0.6) is 0 Å². The Bertz CT molecular complexity index is 1010. The highest BCUT2D eigenvalue weighted by atomic mass is 35.5. The lowest BCUT2D eigenvalue weighted by Gasteiger charge is -2.08. The first kappa shape index (κ1) is 18.9. The van der Waals surface area contributed by atoms with E-state index in [1.54, 1.807) is 30.3 Å². The summed E-state index contributed by atoms with van der Waals surface area (Å²) in [7, 11) is 0. The largest absolute Gasteiger partial charge is 0.321 e. The van der Waals surface area contributed by atoms with Gasteiger partial charge in [-0.25, -0.2) is 4.98 Å². The Hall–Kier alpha value is -1.86. The van der Waals surface area contributed by atoms with Crippen molar-refractivity contribution in [1.29, 1.82) is 0 Å². The minimum absolute atomic E-state index is 0.312. The van der Waals surface area contributed by atoms with Gasteiger partial charge in [0.15, 0.2) is 0 Å². The van der Waals surface area contributed by atoms with Crippen molar-refractivity contribution in [2.45, 2.75) is 13.8 Å². The third-order valence-corrected chi connectivity index (χ3v) is 5.31. The van der Waals surface area contributed by atoms with Gasteiger partial charge in [-0.1, -0.05) is 46.1 Å². The lowest BCUT2D eigenvalue weighted by Crippen LogP contribution is -2.12. The van der Waals surface area contributed by atoms with Gasteiger partial charge in [0.2, 0.25) is 5.13 Å². The fourth-order valence-electron chi connectivity index (χ4n) is 2.11. The number of anilines is 2. The first-order valence-corrected chi connectivity index (χ1v) is 9.42. The van der Waals surface area contributed by atoms with Crippen molar-refractivity contribution >= 4 is 78.8 Å². The fraction of sp³-hybridized carbons (Fsp3) is 0.118. The summed E-state index contributed by atoms with van der Waals surface area (Å²) >= 11 is 19.9. The van der Waals surface area contributed by atoms with Gasteiger partial charge in [0.1, 0.15) is 5.52 Å². The summed E-state index contributed by atoms with van der Waals surface area (Å²) < 4.78 is 0.664. The number of nitrogens with zero attached hydrogens (tertiary/aromatic N) is 2. The molecule has 26 heavy (non-hydrogen) atoms. The van der Waals surface area contributed by atoms with Crippen LogP contribution in [-0.4, -0.2) is 16.6 Å². The molecule has 9 heteroatoms. The SMILES string of the molecule is CC(C)=NNc1nc2c(Cl)cc(NC(=O)c3ccc(Cl)cc3)c(Cl)c2s1. The van der Waals surface area contributed by atoms with Crippen LogP contribution in [-0.2, 0) is 0 Å². The van der Waals surface area contributed by atoms with E-state index in [1.807, 2.05) is 13.8 Å². The zero-order chi connectivity index (χ0) is 18.8. The van der Waals surface area contributed by atoms with E-state index in [0.29, 0.717) is 41.7 Å². The Morgan fingerprint density at radius 2 is 1.85 bits per heavy atom. The van der Waals surface area contributed by atoms with Gasteiger partial charge in [0.05, 0.1) is 20.4 Å². The van der Waals surface area contributed by atoms with Gasteiger partial charge in [-0.15, -0.1) is 0 Å². The average Bonchev–Trinajstić information content (AvgIpc) is 3.03. The molecule has 0 saturated carbocycles. The Labute approximate surface area is 169 Å². The lowest BCUT2D eigenvalue weighted by atomic mass is 10.2. The Morgan fingerprint density at radius 1 is 1.15 bits per heavy atom. The minimum Gasteiger partial charge on any atom is -0.321 e. The summed E-state index contributed by atoms with van der Waals surface area (Å²) in [5.74, 6) is -0.312. The number of thiazole rings is 1. The van der Waals surface area contributed by atoms with Crippen LogP contribution in [0.25, 0.3) is 10.2 Å². The number of halogens is 3. The monoisotopic (exact) mass is 426 g/mol. The lowest BCUT2D eigenvalue weighted by molar-refractivity contribution is 0.102. The first-order valence-electron chi connectivity index (χ1n) is 7.47. The number of rotatable bonds is 4. The molecule has 3 rings (SSSR count). The molecule has 3 aromatic rings. The number of hydrogen-bond acceptors (Lipinski definition) is 5. The van der Waals surface area contributed by atoms with Crippen LogP contribution >= 0.6 is 46.1 Å². The maximum Gasteiger partial charge on any atom is 0.255 e. The average molecular weight is 428 g/mol. The number of carbonyl (C=O) groups excluding carboxylic acids is 1. The molecule has 0 aliphatic carbocycles. The van der Waals surface area contributed by atoms with Crippen molar-refractivity contribution in [3.63, 3.8) is 0 Å². The molecule has 1 heterocycles. The van der Waals surface area contributed by atoms with Crippen LogP contribution in [0.15, 0.2) is 35.4 Å². The second-order valence-electron chi connectivity index (χ2n) is 5.55. The van der Waals surface area contributed by atoms with Gasteiger partial charge in [0, 0.05) is 16.3 Å². The predicted octanol–water partition coefficient (Wildman–Crippen LogP) is 6.32. The topological polar surface area (TPSA) is 66.4 Å². The second kappa shape index (κ2) is 7.80. The van der Waals surface area contributed by atoms with Crippen molar-refractivity contribution in [3.8, 4) is 0 Å². The highest BCUT2D eigenvalue weighted by molar-refractivity contribution is 7.23. The number of hydrazone groups is 1. The van der Waals surface area contributed by atoms with E-state index in [9.17, 15) is 4.79 Å². The molecule has 2 N–H and O–H groups in total. The van der Waals surface area contributed by atoms with E-state index < -0.39 is 0 Å². The summed E-state index contributed by atoms with van der Waals surface area (Å²) in [6.07, 6.45) is 0. The molecule has 1 aromatic heterocycles. The molecule has 0 spiro atoms. The Morgan fingerprint density at radius 3 is 2.50 bits per heavy atom. The van der Waals surface area contributed by atoms with E-state index in [1.165, 1.54) is 11.3 Å². The highest BCUT2D eigenvalue weighted by Gasteiger charge is 2.17. The van der Waals surface area contributed by atoms with Gasteiger partial charge in [-0.3, -0.25) is 10.2 Å². The molecule has 1 amide bonds. The molecule has 134 valence electrons. The van der Waals surface area contributed by atoms with Crippen LogP contribution in [0, 0.1) is 0 Å². The second-order valence-corrected chi connectivity index (χ2v) is 7.77. The van der Waals surface area contributed by atoms with Crippen LogP contribution in [0.3, 0.4) is 0 Å². The van der Waals surface area contributed by atoms with Crippen LogP contribution < -0.4 is 10.7 Å².